The molecular weight excluding hydrogens is 238 g/mol. The minimum Gasteiger partial charge on any atom is -0.496 e. The number of aromatic amines is 1. The Bertz CT molecular complexity index is 563. The molecule has 90 valence electrons. The third kappa shape index (κ3) is 2.08. The Hall–Kier alpha value is -1.68. The lowest BCUT2D eigenvalue weighted by molar-refractivity contribution is 0.413. The number of aromatic nitrogens is 2. The van der Waals surface area contributed by atoms with Crippen molar-refractivity contribution < 1.29 is 4.74 Å². The molecule has 0 bridgehead atoms. The molecule has 0 aliphatic heterocycles. The number of nitrogens with two attached hydrogens (primary N) is 1. The van der Waals surface area contributed by atoms with Crippen molar-refractivity contribution in [3.8, 4) is 17.0 Å². The van der Waals surface area contributed by atoms with E-state index >= 15 is 0 Å². The monoisotopic (exact) mass is 251 g/mol. The van der Waals surface area contributed by atoms with Crippen molar-refractivity contribution in [3.63, 3.8) is 0 Å². The average molecular weight is 252 g/mol. The van der Waals surface area contributed by atoms with Gasteiger partial charge in [-0.25, -0.2) is 4.98 Å². The number of halogens is 1. The smallest absolute Gasteiger partial charge is 0.198 e. The molecule has 0 saturated heterocycles. The molecule has 0 aliphatic carbocycles. The summed E-state index contributed by atoms with van der Waals surface area (Å²) in [5.41, 5.74) is 9.12. The van der Waals surface area contributed by atoms with Crippen molar-refractivity contribution in [1.82, 2.24) is 9.97 Å². The second-order valence-corrected chi connectivity index (χ2v) is 4.34. The number of ether oxygens (including phenoxy) is 1. The lowest BCUT2D eigenvalue weighted by Gasteiger charge is -2.11. The highest BCUT2D eigenvalue weighted by atomic mass is 35.5. The van der Waals surface area contributed by atoms with E-state index in [0.717, 1.165) is 28.3 Å². The summed E-state index contributed by atoms with van der Waals surface area (Å²) >= 11 is 6.06. The number of anilines is 1. The van der Waals surface area contributed by atoms with E-state index in [-0.39, 0.29) is 0 Å². The topological polar surface area (TPSA) is 63.9 Å². The van der Waals surface area contributed by atoms with Crippen LogP contribution in [0.15, 0.2) is 12.1 Å². The Kier molecular flexibility index (Phi) is 2.98. The summed E-state index contributed by atoms with van der Waals surface area (Å²) in [6.45, 7) is 3.86. The van der Waals surface area contributed by atoms with Crippen LogP contribution in [0.4, 0.5) is 5.95 Å². The summed E-state index contributed by atoms with van der Waals surface area (Å²) in [7, 11) is 1.63. The van der Waals surface area contributed by atoms with Crippen molar-refractivity contribution in [3.05, 3.63) is 28.4 Å². The van der Waals surface area contributed by atoms with Gasteiger partial charge in [0.25, 0.3) is 0 Å². The molecule has 4 nitrogen and oxygen atoms in total. The Labute approximate surface area is 105 Å². The summed E-state index contributed by atoms with van der Waals surface area (Å²) in [6, 6.07) is 3.69. The normalized spacial score (nSPS) is 10.6. The lowest BCUT2D eigenvalue weighted by atomic mass is 10.1. The van der Waals surface area contributed by atoms with E-state index in [2.05, 4.69) is 9.97 Å². The predicted molar refractivity (Wildman–Crippen MR) is 69.5 cm³/mol. The van der Waals surface area contributed by atoms with Gasteiger partial charge in [-0.3, -0.25) is 0 Å². The zero-order chi connectivity index (χ0) is 12.6. The Balaban J connectivity index is 2.69. The van der Waals surface area contributed by atoms with Gasteiger partial charge in [-0.05, 0) is 31.5 Å². The molecule has 0 saturated carbocycles. The molecule has 1 heterocycles. The highest BCUT2D eigenvalue weighted by Gasteiger charge is 2.15. The molecule has 0 radical (unpaired) electrons. The van der Waals surface area contributed by atoms with Crippen LogP contribution < -0.4 is 10.5 Å². The van der Waals surface area contributed by atoms with E-state index in [4.69, 9.17) is 22.1 Å². The van der Waals surface area contributed by atoms with Gasteiger partial charge in [0.2, 0.25) is 0 Å². The van der Waals surface area contributed by atoms with Crippen LogP contribution >= 0.6 is 11.6 Å². The summed E-state index contributed by atoms with van der Waals surface area (Å²) in [5.74, 6) is 1.15. The van der Waals surface area contributed by atoms with Crippen molar-refractivity contribution in [2.75, 3.05) is 12.8 Å². The SMILES string of the molecule is COc1c(C)cc(Cl)cc1-c1nc(N)[nH]c1C. The number of benzene rings is 1. The minimum atomic E-state index is 0.386. The number of rotatable bonds is 2. The quantitative estimate of drug-likeness (QED) is 0.863. The van der Waals surface area contributed by atoms with Gasteiger partial charge in [0, 0.05) is 16.3 Å². The number of imidazole rings is 1. The van der Waals surface area contributed by atoms with Crippen LogP contribution in [0, 0.1) is 13.8 Å². The van der Waals surface area contributed by atoms with Crippen LogP contribution in [0.5, 0.6) is 5.75 Å². The fourth-order valence-corrected chi connectivity index (χ4v) is 2.20. The van der Waals surface area contributed by atoms with Gasteiger partial charge in [0.1, 0.15) is 5.75 Å². The molecule has 0 atom stereocenters. The first kappa shape index (κ1) is 11.8. The average Bonchev–Trinajstić information content (AvgIpc) is 2.56. The molecule has 0 aliphatic rings. The van der Waals surface area contributed by atoms with Crippen molar-refractivity contribution >= 4 is 17.5 Å². The van der Waals surface area contributed by atoms with Gasteiger partial charge in [-0.1, -0.05) is 11.6 Å². The lowest BCUT2D eigenvalue weighted by Crippen LogP contribution is -1.93. The molecule has 3 N–H and O–H groups in total. The molecule has 5 heteroatoms. The molecule has 17 heavy (non-hydrogen) atoms. The largest absolute Gasteiger partial charge is 0.496 e. The van der Waals surface area contributed by atoms with Crippen LogP contribution in [0.3, 0.4) is 0 Å². The van der Waals surface area contributed by atoms with Crippen LogP contribution in [0.25, 0.3) is 11.3 Å². The van der Waals surface area contributed by atoms with E-state index in [9.17, 15) is 0 Å². The van der Waals surface area contributed by atoms with Crippen LogP contribution in [0.2, 0.25) is 5.02 Å². The number of H-pyrrole nitrogens is 1. The number of aryl methyl sites for hydroxylation is 2. The Morgan fingerprint density at radius 1 is 1.35 bits per heavy atom. The third-order valence-corrected chi connectivity index (χ3v) is 2.82. The molecule has 0 amide bonds. The van der Waals surface area contributed by atoms with Gasteiger partial charge >= 0.3 is 0 Å². The maximum Gasteiger partial charge on any atom is 0.198 e. The number of hydrogen-bond donors (Lipinski definition) is 2. The Morgan fingerprint density at radius 2 is 2.06 bits per heavy atom. The highest BCUT2D eigenvalue weighted by molar-refractivity contribution is 6.31. The van der Waals surface area contributed by atoms with Gasteiger partial charge in [-0.2, -0.15) is 0 Å². The first-order valence-electron chi connectivity index (χ1n) is 5.19. The number of hydrogen-bond acceptors (Lipinski definition) is 3. The predicted octanol–water partition coefficient (Wildman–Crippen LogP) is 2.94. The maximum atomic E-state index is 6.06. The number of nitrogens with zero attached hydrogens (tertiary/aromatic N) is 1. The van der Waals surface area contributed by atoms with E-state index in [1.807, 2.05) is 26.0 Å². The van der Waals surface area contributed by atoms with Crippen LogP contribution in [0.1, 0.15) is 11.3 Å². The standard InChI is InChI=1S/C12H14ClN3O/c1-6-4-8(13)5-9(11(6)17-3)10-7(2)15-12(14)16-10/h4-5H,1-3H3,(H3,14,15,16). The minimum absolute atomic E-state index is 0.386. The van der Waals surface area contributed by atoms with Gasteiger partial charge in [0.15, 0.2) is 5.95 Å². The van der Waals surface area contributed by atoms with Gasteiger partial charge < -0.3 is 15.5 Å². The van der Waals surface area contributed by atoms with Gasteiger partial charge in [0.05, 0.1) is 12.8 Å². The molecule has 0 spiro atoms. The van der Waals surface area contributed by atoms with E-state index in [1.165, 1.54) is 0 Å². The molecule has 1 aromatic heterocycles. The number of nitrogen functional groups attached to an aromatic ring is 1. The van der Waals surface area contributed by atoms with Crippen molar-refractivity contribution in [2.24, 2.45) is 0 Å². The molecule has 2 rings (SSSR count). The fourth-order valence-electron chi connectivity index (χ4n) is 1.92. The molecule has 0 fully saturated rings. The highest BCUT2D eigenvalue weighted by Crippen LogP contribution is 2.36. The third-order valence-electron chi connectivity index (χ3n) is 2.60. The first-order valence-corrected chi connectivity index (χ1v) is 5.57. The summed E-state index contributed by atoms with van der Waals surface area (Å²) in [6.07, 6.45) is 0. The molecule has 1 aromatic carbocycles. The fraction of sp³-hybridized carbons (Fsp3) is 0.250. The second-order valence-electron chi connectivity index (χ2n) is 3.90. The first-order chi connectivity index (χ1) is 8.02. The molecular formula is C12H14ClN3O. The number of nitrogens with one attached hydrogen (secondary N) is 1. The summed E-state index contributed by atoms with van der Waals surface area (Å²) in [4.78, 5) is 7.22. The van der Waals surface area contributed by atoms with Crippen LogP contribution in [-0.4, -0.2) is 17.1 Å². The van der Waals surface area contributed by atoms with E-state index in [1.54, 1.807) is 7.11 Å². The van der Waals surface area contributed by atoms with Crippen LogP contribution in [-0.2, 0) is 0 Å². The zero-order valence-electron chi connectivity index (χ0n) is 9.97. The summed E-state index contributed by atoms with van der Waals surface area (Å²) < 4.78 is 5.40. The van der Waals surface area contributed by atoms with Crippen molar-refractivity contribution in [1.29, 1.82) is 0 Å². The molecule has 2 aromatic rings. The second kappa shape index (κ2) is 4.30. The van der Waals surface area contributed by atoms with E-state index in [0.29, 0.717) is 11.0 Å². The Morgan fingerprint density at radius 3 is 2.59 bits per heavy atom. The zero-order valence-corrected chi connectivity index (χ0v) is 10.7. The summed E-state index contributed by atoms with van der Waals surface area (Å²) in [5, 5.41) is 0.652. The molecule has 0 unspecified atom stereocenters. The van der Waals surface area contributed by atoms with E-state index < -0.39 is 0 Å². The van der Waals surface area contributed by atoms with Gasteiger partial charge in [-0.15, -0.1) is 0 Å². The maximum absolute atomic E-state index is 6.06. The van der Waals surface area contributed by atoms with Crippen molar-refractivity contribution in [2.45, 2.75) is 13.8 Å². The number of methoxy groups -OCH3 is 1.